The fourth-order valence-corrected chi connectivity index (χ4v) is 2.66. The minimum atomic E-state index is 0.0675. The summed E-state index contributed by atoms with van der Waals surface area (Å²) >= 11 is 0. The third-order valence-corrected chi connectivity index (χ3v) is 4.04. The van der Waals surface area contributed by atoms with Crippen LogP contribution in [0.25, 0.3) is 0 Å². The Morgan fingerprint density at radius 2 is 1.90 bits per heavy atom. The number of hydrogen-bond donors (Lipinski definition) is 1. The van der Waals surface area contributed by atoms with Gasteiger partial charge in [0.15, 0.2) is 0 Å². The summed E-state index contributed by atoms with van der Waals surface area (Å²) in [6.45, 7) is 7.48. The normalized spacial score (nSPS) is 16.5. The molecule has 0 saturated carbocycles. The average Bonchev–Trinajstić information content (AvgIpc) is 2.45. The lowest BCUT2D eigenvalue weighted by Crippen LogP contribution is -2.50. The van der Waals surface area contributed by atoms with E-state index in [4.69, 9.17) is 5.73 Å². The molecule has 21 heavy (non-hydrogen) atoms. The number of piperazine rings is 1. The highest BCUT2D eigenvalue weighted by atomic mass is 16.2. The highest BCUT2D eigenvalue weighted by Gasteiger charge is 2.24. The molecule has 0 radical (unpaired) electrons. The summed E-state index contributed by atoms with van der Waals surface area (Å²) in [5.41, 5.74) is 8.17. The topological polar surface area (TPSA) is 52.8 Å². The number of hydrogen-bond acceptors (Lipinski definition) is 4. The number of nitrogens with two attached hydrogens (primary N) is 1. The van der Waals surface area contributed by atoms with Gasteiger partial charge in [0, 0.05) is 45.0 Å². The second-order valence-corrected chi connectivity index (χ2v) is 5.98. The molecule has 1 heterocycles. The molecule has 0 spiro atoms. The summed E-state index contributed by atoms with van der Waals surface area (Å²) in [7, 11) is 4.17. The second kappa shape index (κ2) is 6.91. The quantitative estimate of drug-likeness (QED) is 0.837. The van der Waals surface area contributed by atoms with Crippen molar-refractivity contribution >= 4 is 11.6 Å². The van der Waals surface area contributed by atoms with E-state index in [1.54, 1.807) is 6.07 Å². The number of carbonyl (C=O) groups excluding carboxylic acids is 1. The molecule has 0 atom stereocenters. The van der Waals surface area contributed by atoms with Gasteiger partial charge in [0.05, 0.1) is 5.56 Å². The first kappa shape index (κ1) is 15.8. The van der Waals surface area contributed by atoms with E-state index in [9.17, 15) is 4.79 Å². The molecule has 0 unspecified atom stereocenters. The van der Waals surface area contributed by atoms with Crippen LogP contribution < -0.4 is 5.73 Å². The molecule has 1 aliphatic rings. The second-order valence-electron chi connectivity index (χ2n) is 5.98. The Balaban J connectivity index is 1.94. The molecule has 1 aliphatic heterocycles. The lowest BCUT2D eigenvalue weighted by molar-refractivity contribution is 0.0630. The van der Waals surface area contributed by atoms with Crippen LogP contribution in [0.2, 0.25) is 0 Å². The van der Waals surface area contributed by atoms with Gasteiger partial charge in [-0.3, -0.25) is 9.69 Å². The van der Waals surface area contributed by atoms with Gasteiger partial charge < -0.3 is 15.5 Å². The minimum absolute atomic E-state index is 0.0675. The van der Waals surface area contributed by atoms with Gasteiger partial charge in [-0.15, -0.1) is 0 Å². The Morgan fingerprint density at radius 1 is 1.24 bits per heavy atom. The van der Waals surface area contributed by atoms with Crippen molar-refractivity contribution in [2.24, 2.45) is 0 Å². The molecule has 1 amide bonds. The molecule has 2 rings (SSSR count). The highest BCUT2D eigenvalue weighted by Crippen LogP contribution is 2.19. The number of anilines is 1. The molecule has 0 aromatic heterocycles. The fraction of sp³-hybridized carbons (Fsp3) is 0.562. The number of benzene rings is 1. The van der Waals surface area contributed by atoms with Crippen LogP contribution in [-0.2, 0) is 0 Å². The van der Waals surface area contributed by atoms with Gasteiger partial charge in [-0.2, -0.15) is 0 Å². The Labute approximate surface area is 127 Å². The van der Waals surface area contributed by atoms with E-state index in [2.05, 4.69) is 23.9 Å². The third kappa shape index (κ3) is 3.95. The Morgan fingerprint density at radius 3 is 2.48 bits per heavy atom. The molecule has 5 heteroatoms. The summed E-state index contributed by atoms with van der Waals surface area (Å²) < 4.78 is 0. The van der Waals surface area contributed by atoms with Crippen LogP contribution in [0.3, 0.4) is 0 Å². The molecule has 5 nitrogen and oxygen atoms in total. The average molecular weight is 290 g/mol. The SMILES string of the molecule is Cc1cccc(N)c1C(=O)N1CCN(CCN(C)C)CC1. The van der Waals surface area contributed by atoms with Gasteiger partial charge in [-0.05, 0) is 32.6 Å². The number of nitrogen functional groups attached to an aromatic ring is 1. The van der Waals surface area contributed by atoms with E-state index < -0.39 is 0 Å². The molecule has 1 aromatic carbocycles. The van der Waals surface area contributed by atoms with Crippen molar-refractivity contribution in [3.05, 3.63) is 29.3 Å². The lowest BCUT2D eigenvalue weighted by atomic mass is 10.0. The maximum absolute atomic E-state index is 12.6. The fourth-order valence-electron chi connectivity index (χ4n) is 2.66. The molecule has 1 fully saturated rings. The molecular formula is C16H26N4O. The number of nitrogens with zero attached hydrogens (tertiary/aromatic N) is 3. The predicted molar refractivity (Wildman–Crippen MR) is 86.5 cm³/mol. The van der Waals surface area contributed by atoms with E-state index in [-0.39, 0.29) is 5.91 Å². The van der Waals surface area contributed by atoms with Gasteiger partial charge in [0.2, 0.25) is 0 Å². The maximum Gasteiger partial charge on any atom is 0.256 e. The number of aryl methyl sites for hydroxylation is 1. The maximum atomic E-state index is 12.6. The van der Waals surface area contributed by atoms with Crippen molar-refractivity contribution in [1.29, 1.82) is 0 Å². The van der Waals surface area contributed by atoms with Gasteiger partial charge in [0.25, 0.3) is 5.91 Å². The Bertz CT molecular complexity index is 473. The largest absolute Gasteiger partial charge is 0.398 e. The smallest absolute Gasteiger partial charge is 0.256 e. The van der Waals surface area contributed by atoms with E-state index >= 15 is 0 Å². The highest BCUT2D eigenvalue weighted by molar-refractivity contribution is 6.00. The first-order valence-electron chi connectivity index (χ1n) is 7.50. The van der Waals surface area contributed by atoms with Crippen LogP contribution >= 0.6 is 0 Å². The Kier molecular flexibility index (Phi) is 5.20. The zero-order valence-corrected chi connectivity index (χ0v) is 13.3. The van der Waals surface area contributed by atoms with Crippen molar-refractivity contribution in [2.45, 2.75) is 6.92 Å². The molecular weight excluding hydrogens is 264 g/mol. The third-order valence-electron chi connectivity index (χ3n) is 4.04. The van der Waals surface area contributed by atoms with Crippen molar-refractivity contribution in [3.63, 3.8) is 0 Å². The van der Waals surface area contributed by atoms with E-state index in [0.717, 1.165) is 44.8 Å². The molecule has 1 saturated heterocycles. The van der Waals surface area contributed by atoms with Crippen LogP contribution in [0.5, 0.6) is 0 Å². The van der Waals surface area contributed by atoms with Gasteiger partial charge in [0.1, 0.15) is 0 Å². The van der Waals surface area contributed by atoms with Crippen LogP contribution in [-0.4, -0.2) is 74.0 Å². The van der Waals surface area contributed by atoms with Crippen LogP contribution in [0, 0.1) is 6.92 Å². The van der Waals surface area contributed by atoms with Crippen molar-refractivity contribution < 1.29 is 4.79 Å². The summed E-state index contributed by atoms with van der Waals surface area (Å²) in [6.07, 6.45) is 0. The number of likely N-dealkylation sites (N-methyl/N-ethyl adjacent to an activating group) is 1. The summed E-state index contributed by atoms with van der Waals surface area (Å²) in [5.74, 6) is 0.0675. The van der Waals surface area contributed by atoms with Crippen molar-refractivity contribution in [1.82, 2.24) is 14.7 Å². The first-order valence-corrected chi connectivity index (χ1v) is 7.50. The zero-order valence-electron chi connectivity index (χ0n) is 13.3. The first-order chi connectivity index (χ1) is 9.99. The number of carbonyl (C=O) groups is 1. The van der Waals surface area contributed by atoms with Gasteiger partial charge >= 0.3 is 0 Å². The molecule has 0 aliphatic carbocycles. The number of amides is 1. The van der Waals surface area contributed by atoms with Crippen LogP contribution in [0.1, 0.15) is 15.9 Å². The van der Waals surface area contributed by atoms with E-state index in [1.807, 2.05) is 24.0 Å². The van der Waals surface area contributed by atoms with E-state index in [0.29, 0.717) is 11.3 Å². The molecule has 2 N–H and O–H groups in total. The van der Waals surface area contributed by atoms with Crippen molar-refractivity contribution in [2.75, 3.05) is 59.1 Å². The summed E-state index contributed by atoms with van der Waals surface area (Å²) in [5, 5.41) is 0. The van der Waals surface area contributed by atoms with Gasteiger partial charge in [-0.1, -0.05) is 12.1 Å². The predicted octanol–water partition coefficient (Wildman–Crippen LogP) is 0.897. The van der Waals surface area contributed by atoms with Gasteiger partial charge in [-0.25, -0.2) is 0 Å². The molecule has 0 bridgehead atoms. The van der Waals surface area contributed by atoms with E-state index in [1.165, 1.54) is 0 Å². The Hall–Kier alpha value is -1.59. The molecule has 116 valence electrons. The lowest BCUT2D eigenvalue weighted by Gasteiger charge is -2.35. The summed E-state index contributed by atoms with van der Waals surface area (Å²) in [4.78, 5) is 19.1. The summed E-state index contributed by atoms with van der Waals surface area (Å²) in [6, 6.07) is 5.63. The molecule has 1 aromatic rings. The van der Waals surface area contributed by atoms with Crippen molar-refractivity contribution in [3.8, 4) is 0 Å². The zero-order chi connectivity index (χ0) is 15.4. The monoisotopic (exact) mass is 290 g/mol. The number of rotatable bonds is 4. The minimum Gasteiger partial charge on any atom is -0.398 e. The van der Waals surface area contributed by atoms with Crippen LogP contribution in [0.15, 0.2) is 18.2 Å². The van der Waals surface area contributed by atoms with Crippen LogP contribution in [0.4, 0.5) is 5.69 Å². The standard InChI is InChI=1S/C16H26N4O/c1-13-5-4-6-14(17)15(13)16(21)20-11-9-19(10-12-20)8-7-18(2)3/h4-6H,7-12,17H2,1-3H3.